The van der Waals surface area contributed by atoms with Gasteiger partial charge in [-0.15, -0.1) is 0 Å². The largest absolute Gasteiger partial charge is 0.506 e. The highest BCUT2D eigenvalue weighted by molar-refractivity contribution is 6.37. The molecule has 0 aliphatic carbocycles. The van der Waals surface area contributed by atoms with Crippen molar-refractivity contribution in [3.8, 4) is 5.75 Å². The summed E-state index contributed by atoms with van der Waals surface area (Å²) in [6.07, 6.45) is -0.249. The molecule has 0 saturated carbocycles. The Bertz CT molecular complexity index is 2550. The molecule has 7 rings (SSSR count). The van der Waals surface area contributed by atoms with Gasteiger partial charge in [0.2, 0.25) is 10.9 Å². The zero-order valence-corrected chi connectivity index (χ0v) is 30.2. The average molecular weight is 779 g/mol. The van der Waals surface area contributed by atoms with Gasteiger partial charge in [-0.25, -0.2) is 0 Å². The van der Waals surface area contributed by atoms with Gasteiger partial charge in [-0.2, -0.15) is 13.2 Å². The van der Waals surface area contributed by atoms with E-state index in [9.17, 15) is 37.5 Å². The van der Waals surface area contributed by atoms with E-state index in [1.807, 2.05) is 18.7 Å². The molecule has 4 aromatic carbocycles. The number of halogens is 5. The molecular weight excluding hydrogens is 746 g/mol. The van der Waals surface area contributed by atoms with Gasteiger partial charge in [-0.05, 0) is 80.8 Å². The number of phenols is 1. The summed E-state index contributed by atoms with van der Waals surface area (Å²) in [4.78, 5) is 57.8. The standard InChI is InChI=1S/C23H22F3N3O2.C16H10Cl2N2O3/c1-13-5-7-16-20(10-13)27-12-17(21(16)30)22(31)28-19-8-6-15(11-18(19)23(24,25)26)29-9-3-4-14(29)2;17-10-5-11(18)14(21)6-13(10)20-16(23)9-7-19-12-4-2-1-3-8(12)15(9)22/h5-8,10-12,14H,3-4,9H2,1-2H3,(H,27,30)(H,28,31);1-7,21H,(H,19,22)(H,20,23)/t14-;/m0./s1. The number of carbonyl (C=O) groups excluding carboxylic acids is 2. The van der Waals surface area contributed by atoms with E-state index < -0.39 is 34.4 Å². The second kappa shape index (κ2) is 15.3. The van der Waals surface area contributed by atoms with Gasteiger partial charge in [0.25, 0.3) is 11.8 Å². The molecule has 1 fully saturated rings. The maximum absolute atomic E-state index is 13.8. The number of phenolic OH excluding ortho intramolecular Hbond substituents is 1. The van der Waals surface area contributed by atoms with Crippen LogP contribution in [-0.2, 0) is 6.18 Å². The van der Waals surface area contributed by atoms with Crippen LogP contribution in [0.5, 0.6) is 5.75 Å². The first-order valence-corrected chi connectivity index (χ1v) is 17.4. The van der Waals surface area contributed by atoms with Gasteiger partial charge >= 0.3 is 6.18 Å². The fraction of sp³-hybridized carbons (Fsp3) is 0.179. The SMILES string of the molecule is Cc1ccc2c(=O)c(C(=O)Nc3ccc(N4CCC[C@@H]4C)cc3C(F)(F)F)c[nH]c2c1.O=C(Nc1cc(O)c(Cl)cc1Cl)c1c[nH]c2ccccc2c1=O. The number of nitrogens with one attached hydrogen (secondary N) is 4. The summed E-state index contributed by atoms with van der Waals surface area (Å²) >= 11 is 11.7. The summed E-state index contributed by atoms with van der Waals surface area (Å²) in [6, 6.07) is 18.5. The number of fused-ring (bicyclic) bond motifs is 2. The van der Waals surface area contributed by atoms with Gasteiger partial charge in [0.1, 0.15) is 16.9 Å². The minimum atomic E-state index is -4.66. The third-order valence-corrected chi connectivity index (χ3v) is 9.66. The van der Waals surface area contributed by atoms with Crippen molar-refractivity contribution in [2.24, 2.45) is 0 Å². The van der Waals surface area contributed by atoms with Crippen molar-refractivity contribution < 1.29 is 27.9 Å². The molecule has 2 amide bonds. The lowest BCUT2D eigenvalue weighted by Gasteiger charge is -2.25. The van der Waals surface area contributed by atoms with E-state index >= 15 is 0 Å². The van der Waals surface area contributed by atoms with Crippen molar-refractivity contribution in [2.75, 3.05) is 22.1 Å². The van der Waals surface area contributed by atoms with Gasteiger partial charge in [-0.3, -0.25) is 19.2 Å². The molecule has 1 aliphatic rings. The van der Waals surface area contributed by atoms with Crippen LogP contribution in [0.25, 0.3) is 21.8 Å². The topological polar surface area (TPSA) is 147 Å². The molecule has 2 aromatic heterocycles. The summed E-state index contributed by atoms with van der Waals surface area (Å²) in [5.74, 6) is -1.75. The van der Waals surface area contributed by atoms with Crippen LogP contribution in [0.1, 0.15) is 51.6 Å². The lowest BCUT2D eigenvalue weighted by molar-refractivity contribution is -0.136. The Hall–Kier alpha value is -5.79. The Labute approximate surface area is 315 Å². The fourth-order valence-electron chi connectivity index (χ4n) is 6.22. The first-order valence-electron chi connectivity index (χ1n) is 16.6. The fourth-order valence-corrected chi connectivity index (χ4v) is 6.66. The number of nitrogens with zero attached hydrogens (tertiary/aromatic N) is 1. The normalized spacial score (nSPS) is 14.1. The Morgan fingerprint density at radius 3 is 2.09 bits per heavy atom. The van der Waals surface area contributed by atoms with E-state index in [1.54, 1.807) is 48.5 Å². The van der Waals surface area contributed by atoms with Gasteiger partial charge in [0.15, 0.2) is 0 Å². The zero-order valence-electron chi connectivity index (χ0n) is 28.7. The van der Waals surface area contributed by atoms with Crippen molar-refractivity contribution in [1.29, 1.82) is 0 Å². The highest BCUT2D eigenvalue weighted by Crippen LogP contribution is 2.39. The Morgan fingerprint density at radius 1 is 0.815 bits per heavy atom. The molecule has 278 valence electrons. The number of para-hydroxylation sites is 1. The second-order valence-electron chi connectivity index (χ2n) is 12.8. The monoisotopic (exact) mass is 777 g/mol. The first-order chi connectivity index (χ1) is 25.6. The molecule has 5 N–H and O–H groups in total. The minimum Gasteiger partial charge on any atom is -0.506 e. The molecular formula is C39H32Cl2F3N5O5. The van der Waals surface area contributed by atoms with E-state index in [1.165, 1.54) is 30.6 Å². The highest BCUT2D eigenvalue weighted by Gasteiger charge is 2.35. The van der Waals surface area contributed by atoms with E-state index in [0.717, 1.165) is 24.5 Å². The molecule has 0 spiro atoms. The maximum atomic E-state index is 13.8. The van der Waals surface area contributed by atoms with Crippen LogP contribution in [0.15, 0.2) is 94.8 Å². The van der Waals surface area contributed by atoms with Gasteiger partial charge < -0.3 is 30.6 Å². The molecule has 0 unspecified atom stereocenters. The molecule has 10 nitrogen and oxygen atoms in total. The van der Waals surface area contributed by atoms with E-state index in [2.05, 4.69) is 20.6 Å². The lowest BCUT2D eigenvalue weighted by Crippen LogP contribution is -2.27. The number of aromatic amines is 2. The molecule has 54 heavy (non-hydrogen) atoms. The number of H-pyrrole nitrogens is 2. The Morgan fingerprint density at radius 2 is 1.44 bits per heavy atom. The van der Waals surface area contributed by atoms with Crippen molar-refractivity contribution >= 4 is 73.9 Å². The number of amides is 2. The smallest absolute Gasteiger partial charge is 0.418 e. The van der Waals surface area contributed by atoms with E-state index in [0.29, 0.717) is 34.0 Å². The van der Waals surface area contributed by atoms with E-state index in [4.69, 9.17) is 23.2 Å². The van der Waals surface area contributed by atoms with Crippen molar-refractivity contribution in [1.82, 2.24) is 9.97 Å². The van der Waals surface area contributed by atoms with Crippen molar-refractivity contribution in [3.63, 3.8) is 0 Å². The molecule has 1 aliphatic heterocycles. The second-order valence-corrected chi connectivity index (χ2v) is 13.6. The van der Waals surface area contributed by atoms with E-state index in [-0.39, 0.29) is 44.3 Å². The number of anilines is 3. The van der Waals surface area contributed by atoms with Crippen LogP contribution in [-0.4, -0.2) is 39.5 Å². The van der Waals surface area contributed by atoms with Crippen LogP contribution in [0.2, 0.25) is 10.0 Å². The number of aromatic nitrogens is 2. The number of rotatable bonds is 5. The van der Waals surface area contributed by atoms with Crippen LogP contribution in [0.3, 0.4) is 0 Å². The van der Waals surface area contributed by atoms with Gasteiger partial charge in [-0.1, -0.05) is 41.4 Å². The molecule has 3 heterocycles. The van der Waals surface area contributed by atoms with Crippen LogP contribution in [0, 0.1) is 6.92 Å². The third kappa shape index (κ3) is 7.92. The molecule has 0 bridgehead atoms. The van der Waals surface area contributed by atoms with Crippen LogP contribution >= 0.6 is 23.2 Å². The number of alkyl halides is 3. The number of benzene rings is 4. The molecule has 1 atom stereocenters. The summed E-state index contributed by atoms with van der Waals surface area (Å²) in [5, 5.41) is 15.3. The van der Waals surface area contributed by atoms with Gasteiger partial charge in [0, 0.05) is 58.5 Å². The summed E-state index contributed by atoms with van der Waals surface area (Å²) < 4.78 is 41.3. The van der Waals surface area contributed by atoms with Crippen LogP contribution in [0.4, 0.5) is 30.2 Å². The predicted molar refractivity (Wildman–Crippen MR) is 205 cm³/mol. The minimum absolute atomic E-state index is 0.0609. The predicted octanol–water partition coefficient (Wildman–Crippen LogP) is 8.89. The number of carbonyl (C=O) groups is 2. The lowest BCUT2D eigenvalue weighted by atomic mass is 10.1. The van der Waals surface area contributed by atoms with Crippen molar-refractivity contribution in [2.45, 2.75) is 38.9 Å². The van der Waals surface area contributed by atoms with Gasteiger partial charge in [0.05, 0.1) is 27.0 Å². The summed E-state index contributed by atoms with van der Waals surface area (Å²) in [7, 11) is 0. The number of aryl methyl sites for hydroxylation is 1. The maximum Gasteiger partial charge on any atom is 0.418 e. The molecule has 1 saturated heterocycles. The number of aromatic hydroxyl groups is 1. The number of hydrogen-bond acceptors (Lipinski definition) is 6. The molecule has 6 aromatic rings. The molecule has 0 radical (unpaired) electrons. The first kappa shape index (κ1) is 38.0. The highest BCUT2D eigenvalue weighted by atomic mass is 35.5. The van der Waals surface area contributed by atoms with Crippen LogP contribution < -0.4 is 26.4 Å². The third-order valence-electron chi connectivity index (χ3n) is 9.04. The van der Waals surface area contributed by atoms with Crippen molar-refractivity contribution in [3.05, 3.63) is 138 Å². The Balaban J connectivity index is 0.000000193. The quantitative estimate of drug-likeness (QED) is 0.118. The Kier molecular flexibility index (Phi) is 10.7. The zero-order chi connectivity index (χ0) is 38.9. The molecule has 15 heteroatoms. The summed E-state index contributed by atoms with van der Waals surface area (Å²) in [5.41, 5.74) is 0.187. The average Bonchev–Trinajstić information content (AvgIpc) is 3.56. The summed E-state index contributed by atoms with van der Waals surface area (Å²) in [6.45, 7) is 4.53. The number of pyridine rings is 2. The number of hydrogen-bond donors (Lipinski definition) is 5.